The summed E-state index contributed by atoms with van der Waals surface area (Å²) in [4.78, 5) is 2.28. The second-order valence-electron chi connectivity index (χ2n) is 4.02. The fourth-order valence-electron chi connectivity index (χ4n) is 1.64. The van der Waals surface area contributed by atoms with Crippen LogP contribution in [0.1, 0.15) is 26.7 Å². The third kappa shape index (κ3) is 9.09. The molecule has 0 aliphatic rings. The number of hydrogen-bond donors (Lipinski definition) is 1. The van der Waals surface area contributed by atoms with E-state index in [1.807, 2.05) is 0 Å². The summed E-state index contributed by atoms with van der Waals surface area (Å²) in [6.45, 7) is 8.64. The zero-order chi connectivity index (χ0) is 12.2. The fourth-order valence-corrected chi connectivity index (χ4v) is 1.64. The maximum Gasteiger partial charge on any atom is 0.0900 e. The molecule has 1 N–H and O–H groups in total. The Morgan fingerprint density at radius 2 is 1.75 bits per heavy atom. The summed E-state index contributed by atoms with van der Waals surface area (Å²) in [5, 5.41) is 9.76. The van der Waals surface area contributed by atoms with Crippen LogP contribution >= 0.6 is 0 Å². The Morgan fingerprint density at radius 3 is 2.25 bits per heavy atom. The maximum absolute atomic E-state index is 9.76. The van der Waals surface area contributed by atoms with Crippen LogP contribution in [-0.2, 0) is 9.47 Å². The second kappa shape index (κ2) is 11.3. The Balaban J connectivity index is 3.59. The van der Waals surface area contributed by atoms with E-state index in [4.69, 9.17) is 9.47 Å². The van der Waals surface area contributed by atoms with E-state index in [-0.39, 0.29) is 0 Å². The van der Waals surface area contributed by atoms with Crippen molar-refractivity contribution in [3.63, 3.8) is 0 Å². The molecule has 0 aliphatic carbocycles. The van der Waals surface area contributed by atoms with Gasteiger partial charge in [0, 0.05) is 13.7 Å². The lowest BCUT2D eigenvalue weighted by atomic mass is 10.3. The number of rotatable bonds is 11. The van der Waals surface area contributed by atoms with Crippen LogP contribution in [0, 0.1) is 0 Å². The normalized spacial score (nSPS) is 13.3. The predicted molar refractivity (Wildman–Crippen MR) is 65.7 cm³/mol. The van der Waals surface area contributed by atoms with E-state index >= 15 is 0 Å². The molecule has 1 atom stereocenters. The third-order valence-corrected chi connectivity index (χ3v) is 2.29. The smallest absolute Gasteiger partial charge is 0.0900 e. The number of hydrogen-bond acceptors (Lipinski definition) is 4. The number of aliphatic hydroxyl groups is 1. The highest BCUT2D eigenvalue weighted by molar-refractivity contribution is 4.63. The lowest BCUT2D eigenvalue weighted by molar-refractivity contribution is -0.000511. The van der Waals surface area contributed by atoms with E-state index in [1.54, 1.807) is 7.11 Å². The largest absolute Gasteiger partial charge is 0.389 e. The highest BCUT2D eigenvalue weighted by atomic mass is 16.5. The lowest BCUT2D eigenvalue weighted by Gasteiger charge is -2.23. The quantitative estimate of drug-likeness (QED) is 0.543. The molecule has 4 nitrogen and oxygen atoms in total. The predicted octanol–water partition coefficient (Wildman–Crippen LogP) is 1.13. The summed E-state index contributed by atoms with van der Waals surface area (Å²) in [7, 11) is 1.64. The van der Waals surface area contributed by atoms with Crippen LogP contribution in [0.2, 0.25) is 0 Å². The third-order valence-electron chi connectivity index (χ3n) is 2.29. The van der Waals surface area contributed by atoms with Crippen LogP contribution < -0.4 is 0 Å². The highest BCUT2D eigenvalue weighted by Crippen LogP contribution is 1.97. The van der Waals surface area contributed by atoms with Gasteiger partial charge in [0.1, 0.15) is 0 Å². The zero-order valence-corrected chi connectivity index (χ0v) is 10.9. The van der Waals surface area contributed by atoms with Gasteiger partial charge in [-0.05, 0) is 25.9 Å². The summed E-state index contributed by atoms with van der Waals surface area (Å²) < 4.78 is 10.2. The first-order chi connectivity index (χ1) is 7.74. The highest BCUT2D eigenvalue weighted by Gasteiger charge is 2.10. The Bertz CT molecular complexity index is 138. The van der Waals surface area contributed by atoms with Gasteiger partial charge < -0.3 is 19.5 Å². The molecule has 0 aliphatic heterocycles. The molecule has 0 saturated heterocycles. The Labute approximate surface area is 99.5 Å². The zero-order valence-electron chi connectivity index (χ0n) is 10.9. The lowest BCUT2D eigenvalue weighted by Crippen LogP contribution is -2.36. The summed E-state index contributed by atoms with van der Waals surface area (Å²) in [5.74, 6) is 0. The first-order valence-electron chi connectivity index (χ1n) is 6.21. The monoisotopic (exact) mass is 233 g/mol. The van der Waals surface area contributed by atoms with Gasteiger partial charge in [0.15, 0.2) is 0 Å². The second-order valence-corrected chi connectivity index (χ2v) is 4.02. The van der Waals surface area contributed by atoms with Crippen LogP contribution in [0.4, 0.5) is 0 Å². The van der Waals surface area contributed by atoms with Crippen molar-refractivity contribution < 1.29 is 14.6 Å². The maximum atomic E-state index is 9.76. The van der Waals surface area contributed by atoms with Gasteiger partial charge >= 0.3 is 0 Å². The van der Waals surface area contributed by atoms with Gasteiger partial charge in [-0.1, -0.05) is 13.8 Å². The number of aliphatic hydroxyl groups excluding tert-OH is 1. The van der Waals surface area contributed by atoms with E-state index < -0.39 is 6.10 Å². The van der Waals surface area contributed by atoms with Crippen molar-refractivity contribution in [2.24, 2.45) is 0 Å². The van der Waals surface area contributed by atoms with Gasteiger partial charge in [-0.25, -0.2) is 0 Å². The Hall–Kier alpha value is -0.160. The minimum Gasteiger partial charge on any atom is -0.389 e. The fraction of sp³-hybridized carbons (Fsp3) is 1.00. The summed E-state index contributed by atoms with van der Waals surface area (Å²) in [5.41, 5.74) is 0. The summed E-state index contributed by atoms with van der Waals surface area (Å²) >= 11 is 0. The minimum atomic E-state index is -0.394. The molecule has 0 aromatic rings. The SMILES string of the molecule is CCCN(CCC)CC(O)COCCOC. The first-order valence-corrected chi connectivity index (χ1v) is 6.21. The number of nitrogens with zero attached hydrogens (tertiary/aromatic N) is 1. The van der Waals surface area contributed by atoms with E-state index in [0.717, 1.165) is 25.9 Å². The van der Waals surface area contributed by atoms with Crippen molar-refractivity contribution in [2.45, 2.75) is 32.8 Å². The Morgan fingerprint density at radius 1 is 1.12 bits per heavy atom. The topological polar surface area (TPSA) is 41.9 Å². The van der Waals surface area contributed by atoms with Crippen molar-refractivity contribution in [3.05, 3.63) is 0 Å². The van der Waals surface area contributed by atoms with Gasteiger partial charge in [-0.15, -0.1) is 0 Å². The molecule has 0 fully saturated rings. The molecule has 98 valence electrons. The first kappa shape index (κ1) is 15.8. The molecule has 0 radical (unpaired) electrons. The molecule has 0 aromatic heterocycles. The van der Waals surface area contributed by atoms with Crippen LogP contribution in [0.25, 0.3) is 0 Å². The summed E-state index contributed by atoms with van der Waals surface area (Å²) in [6.07, 6.45) is 1.85. The molecule has 1 unspecified atom stereocenters. The molecule has 0 aromatic carbocycles. The number of methoxy groups -OCH3 is 1. The van der Waals surface area contributed by atoms with Gasteiger partial charge in [-0.2, -0.15) is 0 Å². The van der Waals surface area contributed by atoms with Gasteiger partial charge in [0.25, 0.3) is 0 Å². The molecule has 0 heterocycles. The average molecular weight is 233 g/mol. The van der Waals surface area contributed by atoms with Gasteiger partial charge in [-0.3, -0.25) is 0 Å². The van der Waals surface area contributed by atoms with E-state index in [1.165, 1.54) is 0 Å². The van der Waals surface area contributed by atoms with E-state index in [9.17, 15) is 5.11 Å². The van der Waals surface area contributed by atoms with Crippen molar-refractivity contribution in [2.75, 3.05) is 46.6 Å². The molecular weight excluding hydrogens is 206 g/mol. The van der Waals surface area contributed by atoms with E-state index in [0.29, 0.717) is 26.4 Å². The van der Waals surface area contributed by atoms with Crippen LogP contribution in [0.15, 0.2) is 0 Å². The molecule has 0 amide bonds. The van der Waals surface area contributed by atoms with Crippen molar-refractivity contribution >= 4 is 0 Å². The number of ether oxygens (including phenoxy) is 2. The standard InChI is InChI=1S/C12H27NO3/c1-4-6-13(7-5-2)10-12(14)11-16-9-8-15-3/h12,14H,4-11H2,1-3H3. The molecular formula is C12H27NO3. The minimum absolute atomic E-state index is 0.394. The average Bonchev–Trinajstić information content (AvgIpc) is 2.25. The van der Waals surface area contributed by atoms with Crippen molar-refractivity contribution in [1.29, 1.82) is 0 Å². The molecule has 0 rings (SSSR count). The summed E-state index contributed by atoms with van der Waals surface area (Å²) in [6, 6.07) is 0. The molecule has 0 bridgehead atoms. The van der Waals surface area contributed by atoms with Crippen LogP contribution in [-0.4, -0.2) is 62.7 Å². The molecule has 0 spiro atoms. The van der Waals surface area contributed by atoms with Crippen molar-refractivity contribution in [3.8, 4) is 0 Å². The molecule has 0 saturated carbocycles. The van der Waals surface area contributed by atoms with Crippen LogP contribution in [0.5, 0.6) is 0 Å². The van der Waals surface area contributed by atoms with E-state index in [2.05, 4.69) is 18.7 Å². The van der Waals surface area contributed by atoms with Crippen molar-refractivity contribution in [1.82, 2.24) is 4.90 Å². The van der Waals surface area contributed by atoms with Gasteiger partial charge in [0.2, 0.25) is 0 Å². The Kier molecular flexibility index (Phi) is 11.2. The van der Waals surface area contributed by atoms with Gasteiger partial charge in [0.05, 0.1) is 25.9 Å². The molecule has 16 heavy (non-hydrogen) atoms. The van der Waals surface area contributed by atoms with Crippen LogP contribution in [0.3, 0.4) is 0 Å². The molecule has 4 heteroatoms.